The molecule has 1 aromatic heterocycles. The van der Waals surface area contributed by atoms with Gasteiger partial charge in [-0.1, -0.05) is 12.1 Å². The van der Waals surface area contributed by atoms with Crippen LogP contribution in [0.15, 0.2) is 59.6 Å². The average Bonchev–Trinajstić information content (AvgIpc) is 2.83. The quantitative estimate of drug-likeness (QED) is 0.923. The van der Waals surface area contributed by atoms with E-state index in [0.717, 1.165) is 24.4 Å². The van der Waals surface area contributed by atoms with Crippen molar-refractivity contribution < 1.29 is 21.6 Å². The molecule has 1 aliphatic carbocycles. The lowest BCUT2D eigenvalue weighted by Gasteiger charge is -2.09. The minimum Gasteiger partial charge on any atom is -0.253 e. The van der Waals surface area contributed by atoms with Gasteiger partial charge in [0.15, 0.2) is 0 Å². The Kier molecular flexibility index (Phi) is 3.81. The van der Waals surface area contributed by atoms with Crippen LogP contribution in [0.3, 0.4) is 0 Å². The van der Waals surface area contributed by atoms with E-state index < -0.39 is 21.8 Å². The molecular formula is C16H11F3N2O2S. The lowest BCUT2D eigenvalue weighted by Crippen LogP contribution is -2.11. The Hall–Kier alpha value is -2.45. The Labute approximate surface area is 136 Å². The Morgan fingerprint density at radius 3 is 2.12 bits per heavy atom. The van der Waals surface area contributed by atoms with Gasteiger partial charge in [0.05, 0.1) is 16.8 Å². The summed E-state index contributed by atoms with van der Waals surface area (Å²) in [6.45, 7) is 0. The monoisotopic (exact) mass is 352 g/mol. The fourth-order valence-corrected chi connectivity index (χ4v) is 2.91. The molecule has 0 unspecified atom stereocenters. The average molecular weight is 352 g/mol. The molecule has 0 aliphatic heterocycles. The summed E-state index contributed by atoms with van der Waals surface area (Å²) in [5, 5.41) is 5.02. The van der Waals surface area contributed by atoms with Crippen molar-refractivity contribution in [2.45, 2.75) is 10.8 Å². The van der Waals surface area contributed by atoms with Crippen LogP contribution in [-0.4, -0.2) is 19.3 Å². The Balaban J connectivity index is 2.05. The van der Waals surface area contributed by atoms with Crippen molar-refractivity contribution >= 4 is 21.2 Å². The predicted molar refractivity (Wildman–Crippen MR) is 82.9 cm³/mol. The van der Waals surface area contributed by atoms with Crippen molar-refractivity contribution in [3.05, 3.63) is 71.8 Å². The van der Waals surface area contributed by atoms with Crippen molar-refractivity contribution in [2.24, 2.45) is 5.14 Å². The number of rotatable bonds is 3. The smallest absolute Gasteiger partial charge is 0.253 e. The molecule has 0 radical (unpaired) electrons. The van der Waals surface area contributed by atoms with Crippen molar-refractivity contribution in [3.63, 3.8) is 0 Å². The molecule has 0 saturated heterocycles. The number of halogens is 3. The van der Waals surface area contributed by atoms with Gasteiger partial charge in [-0.15, -0.1) is 0 Å². The summed E-state index contributed by atoms with van der Waals surface area (Å²) < 4.78 is 63.1. The molecule has 0 fully saturated rings. The molecule has 0 bridgehead atoms. The third-order valence-electron chi connectivity index (χ3n) is 3.46. The van der Waals surface area contributed by atoms with E-state index >= 15 is 0 Å². The van der Waals surface area contributed by atoms with Crippen LogP contribution in [0.25, 0.3) is 11.1 Å². The third kappa shape index (κ3) is 3.24. The zero-order valence-electron chi connectivity index (χ0n) is 12.1. The number of allylic oxidation sites excluding steroid dienone is 4. The predicted octanol–water partition coefficient (Wildman–Crippen LogP) is 2.98. The number of aromatic nitrogens is 1. The molecule has 1 heterocycles. The maximum absolute atomic E-state index is 13.8. The molecule has 0 atom stereocenters. The topological polar surface area (TPSA) is 73.1 Å². The molecule has 0 amide bonds. The zero-order chi connectivity index (χ0) is 17.5. The number of primary sulfonamides is 1. The summed E-state index contributed by atoms with van der Waals surface area (Å²) in [7, 11) is -3.87. The number of benzene rings is 1. The molecule has 8 heteroatoms. The minimum atomic E-state index is -3.87. The Morgan fingerprint density at radius 1 is 0.958 bits per heavy atom. The maximum Gasteiger partial charge on any atom is 0.286 e. The summed E-state index contributed by atoms with van der Waals surface area (Å²) in [4.78, 5) is 3.70. The standard InChI is InChI=1S/C16H11F3N2O2S/c17-11-3-6-15(21-9-11)14-8-16(18,19)7-13(14)10-1-4-12(5-2-10)24(20,22)23/h1-9H,(H2,20,22,23). The normalized spacial score (nSPS) is 16.7. The Bertz CT molecular complexity index is 948. The molecule has 3 rings (SSSR count). The van der Waals surface area contributed by atoms with Crippen LogP contribution in [0.2, 0.25) is 0 Å². The molecule has 0 spiro atoms. The number of nitrogens with zero attached hydrogens (tertiary/aromatic N) is 1. The number of sulfonamides is 1. The first-order valence-electron chi connectivity index (χ1n) is 6.75. The summed E-state index contributed by atoms with van der Waals surface area (Å²) in [6.07, 6.45) is 2.42. The van der Waals surface area contributed by atoms with Gasteiger partial charge in [-0.3, -0.25) is 4.98 Å². The molecule has 124 valence electrons. The van der Waals surface area contributed by atoms with E-state index in [2.05, 4.69) is 4.98 Å². The number of nitrogens with two attached hydrogens (primary N) is 1. The number of hydrogen-bond donors (Lipinski definition) is 1. The van der Waals surface area contributed by atoms with E-state index in [1.165, 1.54) is 30.3 Å². The molecule has 2 N–H and O–H groups in total. The minimum absolute atomic E-state index is 0.123. The molecule has 24 heavy (non-hydrogen) atoms. The van der Waals surface area contributed by atoms with Crippen LogP contribution in [0.1, 0.15) is 11.3 Å². The summed E-state index contributed by atoms with van der Waals surface area (Å²) in [5.74, 6) is -3.76. The second-order valence-electron chi connectivity index (χ2n) is 5.22. The van der Waals surface area contributed by atoms with Crippen LogP contribution in [0.5, 0.6) is 0 Å². The fourth-order valence-electron chi connectivity index (χ4n) is 2.39. The molecule has 2 aromatic rings. The van der Waals surface area contributed by atoms with E-state index in [4.69, 9.17) is 5.14 Å². The van der Waals surface area contributed by atoms with Gasteiger partial charge in [0.25, 0.3) is 5.92 Å². The second-order valence-corrected chi connectivity index (χ2v) is 6.78. The van der Waals surface area contributed by atoms with Crippen LogP contribution >= 0.6 is 0 Å². The van der Waals surface area contributed by atoms with Crippen molar-refractivity contribution in [3.8, 4) is 0 Å². The molecule has 1 aliphatic rings. The van der Waals surface area contributed by atoms with Crippen molar-refractivity contribution in [1.29, 1.82) is 0 Å². The van der Waals surface area contributed by atoms with Crippen molar-refractivity contribution in [1.82, 2.24) is 4.98 Å². The maximum atomic E-state index is 13.8. The first kappa shape index (κ1) is 16.4. The first-order chi connectivity index (χ1) is 11.2. The van der Waals surface area contributed by atoms with Gasteiger partial charge in [-0.05, 0) is 47.6 Å². The van der Waals surface area contributed by atoms with Crippen LogP contribution in [-0.2, 0) is 10.0 Å². The Morgan fingerprint density at radius 2 is 1.58 bits per heavy atom. The van der Waals surface area contributed by atoms with Gasteiger partial charge in [0, 0.05) is 5.57 Å². The van der Waals surface area contributed by atoms with Gasteiger partial charge in [-0.25, -0.2) is 17.9 Å². The molecule has 4 nitrogen and oxygen atoms in total. The lowest BCUT2D eigenvalue weighted by atomic mass is 9.98. The zero-order valence-corrected chi connectivity index (χ0v) is 12.9. The largest absolute Gasteiger partial charge is 0.286 e. The molecular weight excluding hydrogens is 341 g/mol. The lowest BCUT2D eigenvalue weighted by molar-refractivity contribution is 0.115. The van der Waals surface area contributed by atoms with E-state index in [1.54, 1.807) is 0 Å². The van der Waals surface area contributed by atoms with Gasteiger partial charge < -0.3 is 0 Å². The fraction of sp³-hybridized carbons (Fsp3) is 0.0625. The second kappa shape index (κ2) is 5.57. The van der Waals surface area contributed by atoms with E-state index in [-0.39, 0.29) is 21.7 Å². The number of pyridine rings is 1. The highest BCUT2D eigenvalue weighted by Gasteiger charge is 2.33. The highest BCUT2D eigenvalue weighted by atomic mass is 32.2. The molecule has 1 aromatic carbocycles. The summed E-state index contributed by atoms with van der Waals surface area (Å²) in [6, 6.07) is 7.65. The highest BCUT2D eigenvalue weighted by molar-refractivity contribution is 7.89. The molecule has 0 saturated carbocycles. The summed E-state index contributed by atoms with van der Waals surface area (Å²) >= 11 is 0. The van der Waals surface area contributed by atoms with E-state index in [0.29, 0.717) is 5.56 Å². The van der Waals surface area contributed by atoms with Crippen LogP contribution in [0.4, 0.5) is 13.2 Å². The van der Waals surface area contributed by atoms with Gasteiger partial charge in [0.2, 0.25) is 10.0 Å². The first-order valence-corrected chi connectivity index (χ1v) is 8.29. The third-order valence-corrected chi connectivity index (χ3v) is 4.39. The van der Waals surface area contributed by atoms with Gasteiger partial charge in [-0.2, -0.15) is 8.78 Å². The van der Waals surface area contributed by atoms with Crippen molar-refractivity contribution in [2.75, 3.05) is 0 Å². The SMILES string of the molecule is NS(=O)(=O)c1ccc(C2=CC(F)(F)C=C2c2ccc(F)cn2)cc1. The van der Waals surface area contributed by atoms with E-state index in [1.807, 2.05) is 0 Å². The summed E-state index contributed by atoms with van der Waals surface area (Å²) in [5.41, 5.74) is 0.885. The number of hydrogen-bond acceptors (Lipinski definition) is 3. The van der Waals surface area contributed by atoms with E-state index in [9.17, 15) is 21.6 Å². The van der Waals surface area contributed by atoms with Gasteiger partial charge in [0.1, 0.15) is 5.82 Å². The van der Waals surface area contributed by atoms with Crippen LogP contribution in [0, 0.1) is 5.82 Å². The van der Waals surface area contributed by atoms with Crippen LogP contribution < -0.4 is 5.14 Å². The number of alkyl halides is 2. The highest BCUT2D eigenvalue weighted by Crippen LogP contribution is 2.41. The van der Waals surface area contributed by atoms with Gasteiger partial charge >= 0.3 is 0 Å².